The highest BCUT2D eigenvalue weighted by atomic mass is 16.5. The maximum Gasteiger partial charge on any atom is 0.0987 e. The number of hydrogen-bond acceptors (Lipinski definition) is 2. The molecular formula is C7H15NO. The van der Waals surface area contributed by atoms with Gasteiger partial charge >= 0.3 is 0 Å². The fourth-order valence-corrected chi connectivity index (χ4v) is 1.17. The van der Waals surface area contributed by atoms with Gasteiger partial charge in [0.15, 0.2) is 0 Å². The van der Waals surface area contributed by atoms with Gasteiger partial charge in [-0.05, 0) is 19.4 Å². The van der Waals surface area contributed by atoms with Gasteiger partial charge in [-0.3, -0.25) is 4.90 Å². The largest absolute Gasteiger partial charge is 0.366 e. The van der Waals surface area contributed by atoms with E-state index in [1.807, 2.05) is 0 Å². The minimum Gasteiger partial charge on any atom is -0.366 e. The fourth-order valence-electron chi connectivity index (χ4n) is 1.17. The third-order valence-corrected chi connectivity index (χ3v) is 1.81. The van der Waals surface area contributed by atoms with Crippen molar-refractivity contribution in [3.8, 4) is 0 Å². The molecule has 0 aromatic heterocycles. The second kappa shape index (κ2) is 3.18. The van der Waals surface area contributed by atoms with Crippen LogP contribution in [0.4, 0.5) is 0 Å². The molecule has 54 valence electrons. The first-order valence-corrected chi connectivity index (χ1v) is 3.59. The van der Waals surface area contributed by atoms with E-state index in [1.54, 1.807) is 0 Å². The van der Waals surface area contributed by atoms with Crippen LogP contribution in [0.2, 0.25) is 0 Å². The maximum atomic E-state index is 5.31. The molecular weight excluding hydrogens is 114 g/mol. The highest BCUT2D eigenvalue weighted by Crippen LogP contribution is 2.09. The second-order valence-electron chi connectivity index (χ2n) is 2.81. The van der Waals surface area contributed by atoms with Crippen LogP contribution in [-0.2, 0) is 4.74 Å². The molecule has 1 rings (SSSR count). The van der Waals surface area contributed by atoms with Crippen LogP contribution >= 0.6 is 0 Å². The molecule has 1 aliphatic heterocycles. The molecule has 0 amide bonds. The van der Waals surface area contributed by atoms with Crippen LogP contribution in [0.1, 0.15) is 13.3 Å². The first-order chi connectivity index (χ1) is 4.33. The van der Waals surface area contributed by atoms with Crippen LogP contribution < -0.4 is 0 Å². The fraction of sp³-hybridized carbons (Fsp3) is 1.00. The molecule has 0 aliphatic carbocycles. The Morgan fingerprint density at radius 1 is 1.67 bits per heavy atom. The summed E-state index contributed by atoms with van der Waals surface area (Å²) in [6.45, 7) is 5.20. The molecule has 2 heteroatoms. The summed E-state index contributed by atoms with van der Waals surface area (Å²) in [7, 11) is 2.10. The topological polar surface area (TPSA) is 12.5 Å². The van der Waals surface area contributed by atoms with Crippen molar-refractivity contribution in [2.75, 3.05) is 26.9 Å². The normalized spacial score (nSPS) is 30.7. The summed E-state index contributed by atoms with van der Waals surface area (Å²) < 4.78 is 5.31. The van der Waals surface area contributed by atoms with E-state index in [1.165, 1.54) is 13.0 Å². The van der Waals surface area contributed by atoms with Crippen molar-refractivity contribution in [3.05, 3.63) is 0 Å². The Morgan fingerprint density at radius 2 is 2.44 bits per heavy atom. The molecule has 1 unspecified atom stereocenters. The third kappa shape index (κ3) is 1.95. The summed E-state index contributed by atoms with van der Waals surface area (Å²) in [6.07, 6.45) is 1.24. The average Bonchev–Trinajstić information content (AvgIpc) is 1.88. The van der Waals surface area contributed by atoms with Crippen molar-refractivity contribution in [1.29, 1.82) is 0 Å². The lowest BCUT2D eigenvalue weighted by molar-refractivity contribution is -0.0338. The molecule has 0 spiro atoms. The van der Waals surface area contributed by atoms with Crippen molar-refractivity contribution >= 4 is 0 Å². The van der Waals surface area contributed by atoms with Crippen LogP contribution in [0.25, 0.3) is 0 Å². The summed E-state index contributed by atoms with van der Waals surface area (Å²) in [6, 6.07) is 0. The van der Waals surface area contributed by atoms with Gasteiger partial charge < -0.3 is 4.74 Å². The van der Waals surface area contributed by atoms with Crippen LogP contribution in [0.5, 0.6) is 0 Å². The van der Waals surface area contributed by atoms with Crippen molar-refractivity contribution in [1.82, 2.24) is 4.90 Å². The molecule has 0 saturated carbocycles. The number of hydrogen-bond donors (Lipinski definition) is 0. The Kier molecular flexibility index (Phi) is 2.49. The first-order valence-electron chi connectivity index (χ1n) is 3.59. The number of ether oxygens (including phenoxy) is 1. The standard InChI is InChI=1S/C7H15NO/c1-3-7-4-8(2)6-9-5-7/h7H,3-6H2,1-2H3. The third-order valence-electron chi connectivity index (χ3n) is 1.81. The molecule has 0 aromatic rings. The summed E-state index contributed by atoms with van der Waals surface area (Å²) in [5.41, 5.74) is 0. The molecule has 1 aliphatic rings. The van der Waals surface area contributed by atoms with E-state index in [2.05, 4.69) is 18.9 Å². The smallest absolute Gasteiger partial charge is 0.0987 e. The van der Waals surface area contributed by atoms with Crippen LogP contribution in [0.15, 0.2) is 0 Å². The SMILES string of the molecule is CCC1COCN(C)C1. The Bertz CT molecular complexity index is 85.0. The van der Waals surface area contributed by atoms with Gasteiger partial charge in [-0.1, -0.05) is 6.92 Å². The molecule has 0 radical (unpaired) electrons. The number of nitrogens with zero attached hydrogens (tertiary/aromatic N) is 1. The van der Waals surface area contributed by atoms with Crippen LogP contribution in [0.3, 0.4) is 0 Å². The Morgan fingerprint density at radius 3 is 2.89 bits per heavy atom. The Hall–Kier alpha value is -0.0800. The number of rotatable bonds is 1. The first kappa shape index (κ1) is 7.03. The monoisotopic (exact) mass is 129 g/mol. The molecule has 1 fully saturated rings. The van der Waals surface area contributed by atoms with Gasteiger partial charge in [0.25, 0.3) is 0 Å². The Labute approximate surface area is 56.8 Å². The van der Waals surface area contributed by atoms with Crippen LogP contribution in [-0.4, -0.2) is 31.8 Å². The molecule has 1 saturated heterocycles. The molecule has 2 nitrogen and oxygen atoms in total. The van der Waals surface area contributed by atoms with Crippen molar-refractivity contribution in [2.45, 2.75) is 13.3 Å². The van der Waals surface area contributed by atoms with E-state index < -0.39 is 0 Å². The van der Waals surface area contributed by atoms with E-state index in [-0.39, 0.29) is 0 Å². The zero-order valence-electron chi connectivity index (χ0n) is 6.26. The minimum atomic E-state index is 0.767. The highest BCUT2D eigenvalue weighted by Gasteiger charge is 2.14. The summed E-state index contributed by atoms with van der Waals surface area (Å²) in [5, 5.41) is 0. The van der Waals surface area contributed by atoms with E-state index in [0.29, 0.717) is 0 Å². The van der Waals surface area contributed by atoms with Crippen molar-refractivity contribution in [2.24, 2.45) is 5.92 Å². The van der Waals surface area contributed by atoms with E-state index in [0.717, 1.165) is 19.3 Å². The Balaban J connectivity index is 2.23. The van der Waals surface area contributed by atoms with Gasteiger partial charge in [0.1, 0.15) is 0 Å². The van der Waals surface area contributed by atoms with Gasteiger partial charge in [-0.2, -0.15) is 0 Å². The predicted molar refractivity (Wildman–Crippen MR) is 37.2 cm³/mol. The maximum absolute atomic E-state index is 5.31. The van der Waals surface area contributed by atoms with Gasteiger partial charge in [0, 0.05) is 6.54 Å². The van der Waals surface area contributed by atoms with Crippen molar-refractivity contribution in [3.63, 3.8) is 0 Å². The predicted octanol–water partition coefficient (Wildman–Crippen LogP) is 0.932. The zero-order chi connectivity index (χ0) is 6.69. The van der Waals surface area contributed by atoms with Crippen molar-refractivity contribution < 1.29 is 4.74 Å². The van der Waals surface area contributed by atoms with Gasteiger partial charge in [-0.25, -0.2) is 0 Å². The minimum absolute atomic E-state index is 0.767. The lowest BCUT2D eigenvalue weighted by Gasteiger charge is -2.28. The summed E-state index contributed by atoms with van der Waals surface area (Å²) in [4.78, 5) is 2.22. The van der Waals surface area contributed by atoms with E-state index in [9.17, 15) is 0 Å². The summed E-state index contributed by atoms with van der Waals surface area (Å²) >= 11 is 0. The van der Waals surface area contributed by atoms with Gasteiger partial charge in [-0.15, -0.1) is 0 Å². The highest BCUT2D eigenvalue weighted by molar-refractivity contribution is 4.63. The summed E-state index contributed by atoms with van der Waals surface area (Å²) in [5.74, 6) is 0.767. The molecule has 1 atom stereocenters. The van der Waals surface area contributed by atoms with Gasteiger partial charge in [0.2, 0.25) is 0 Å². The molecule has 0 bridgehead atoms. The molecule has 0 aromatic carbocycles. The van der Waals surface area contributed by atoms with E-state index in [4.69, 9.17) is 4.74 Å². The van der Waals surface area contributed by atoms with E-state index >= 15 is 0 Å². The molecule has 1 heterocycles. The van der Waals surface area contributed by atoms with Gasteiger partial charge in [0.05, 0.1) is 13.3 Å². The lowest BCUT2D eigenvalue weighted by Crippen LogP contribution is -2.36. The zero-order valence-corrected chi connectivity index (χ0v) is 6.26. The van der Waals surface area contributed by atoms with Crippen LogP contribution in [0, 0.1) is 5.92 Å². The lowest BCUT2D eigenvalue weighted by atomic mass is 10.1. The molecule has 0 N–H and O–H groups in total. The molecule has 9 heavy (non-hydrogen) atoms. The average molecular weight is 129 g/mol. The second-order valence-corrected chi connectivity index (χ2v) is 2.81. The quantitative estimate of drug-likeness (QED) is 0.522.